The first-order valence-corrected chi connectivity index (χ1v) is 7.99. The van der Waals surface area contributed by atoms with Gasteiger partial charge in [0.2, 0.25) is 5.78 Å². The molecule has 0 saturated carbocycles. The number of aromatic nitrogens is 1. The van der Waals surface area contributed by atoms with Crippen LogP contribution in [0.3, 0.4) is 0 Å². The molecule has 0 spiro atoms. The van der Waals surface area contributed by atoms with Crippen molar-refractivity contribution >= 4 is 17.5 Å². The van der Waals surface area contributed by atoms with Crippen LogP contribution in [0, 0.1) is 0 Å². The summed E-state index contributed by atoms with van der Waals surface area (Å²) < 4.78 is 5.18. The number of carbonyl (C=O) groups excluding carboxylic acids is 2. The summed E-state index contributed by atoms with van der Waals surface area (Å²) in [6.07, 6.45) is 2.92. The molecule has 0 aliphatic carbocycles. The van der Waals surface area contributed by atoms with Crippen LogP contribution in [0.5, 0.6) is 0 Å². The first-order chi connectivity index (χ1) is 12.7. The molecular formula is C20H14N2O4. The van der Waals surface area contributed by atoms with Crippen molar-refractivity contribution in [2.45, 2.75) is 6.04 Å². The van der Waals surface area contributed by atoms with Gasteiger partial charge in [0.05, 0.1) is 17.9 Å². The number of anilines is 1. The van der Waals surface area contributed by atoms with Crippen molar-refractivity contribution in [3.8, 4) is 0 Å². The summed E-state index contributed by atoms with van der Waals surface area (Å²) >= 11 is 0. The quantitative estimate of drug-likeness (QED) is 0.732. The molecule has 4 rings (SSSR count). The maximum Gasteiger partial charge on any atom is 0.295 e. The Morgan fingerprint density at radius 3 is 2.46 bits per heavy atom. The molecule has 0 fully saturated rings. The Hall–Kier alpha value is -3.67. The minimum absolute atomic E-state index is 0.0261. The topological polar surface area (TPSA) is 83.6 Å². The average Bonchev–Trinajstić information content (AvgIpc) is 3.31. The van der Waals surface area contributed by atoms with E-state index in [-0.39, 0.29) is 11.3 Å². The van der Waals surface area contributed by atoms with Gasteiger partial charge in [-0.15, -0.1) is 0 Å². The van der Waals surface area contributed by atoms with Gasteiger partial charge in [0.15, 0.2) is 11.5 Å². The Balaban J connectivity index is 1.88. The summed E-state index contributed by atoms with van der Waals surface area (Å²) in [6.45, 7) is 0. The van der Waals surface area contributed by atoms with Crippen LogP contribution < -0.4 is 4.90 Å². The molecule has 6 heteroatoms. The smallest absolute Gasteiger partial charge is 0.295 e. The number of amides is 1. The van der Waals surface area contributed by atoms with Crippen LogP contribution in [0.15, 0.2) is 88.9 Å². The average molecular weight is 346 g/mol. The van der Waals surface area contributed by atoms with Crippen LogP contribution in [0.4, 0.5) is 5.82 Å². The highest BCUT2D eigenvalue weighted by Gasteiger charge is 2.45. The van der Waals surface area contributed by atoms with E-state index in [0.29, 0.717) is 11.4 Å². The molecule has 26 heavy (non-hydrogen) atoms. The zero-order valence-electron chi connectivity index (χ0n) is 13.6. The van der Waals surface area contributed by atoms with E-state index < -0.39 is 23.5 Å². The molecule has 1 atom stereocenters. The van der Waals surface area contributed by atoms with E-state index in [2.05, 4.69) is 4.98 Å². The van der Waals surface area contributed by atoms with Crippen LogP contribution in [0.2, 0.25) is 0 Å². The molecule has 3 aromatic rings. The fourth-order valence-corrected chi connectivity index (χ4v) is 3.06. The molecule has 2 aromatic heterocycles. The van der Waals surface area contributed by atoms with Gasteiger partial charge in [0.25, 0.3) is 5.91 Å². The Morgan fingerprint density at radius 2 is 1.81 bits per heavy atom. The first-order valence-electron chi connectivity index (χ1n) is 7.99. The molecule has 128 valence electrons. The van der Waals surface area contributed by atoms with Crippen molar-refractivity contribution in [3.05, 3.63) is 95.8 Å². The highest BCUT2D eigenvalue weighted by Crippen LogP contribution is 2.41. The number of aliphatic hydroxyl groups is 1. The summed E-state index contributed by atoms with van der Waals surface area (Å²) in [5, 5.41) is 10.5. The molecule has 1 N–H and O–H groups in total. The van der Waals surface area contributed by atoms with Crippen molar-refractivity contribution in [1.82, 2.24) is 4.98 Å². The molecule has 0 saturated heterocycles. The van der Waals surface area contributed by atoms with Gasteiger partial charge >= 0.3 is 0 Å². The molecule has 1 amide bonds. The van der Waals surface area contributed by atoms with Crippen molar-refractivity contribution in [3.63, 3.8) is 0 Å². The molecule has 1 aliphatic heterocycles. The maximum atomic E-state index is 12.9. The van der Waals surface area contributed by atoms with Crippen molar-refractivity contribution in [2.75, 3.05) is 4.90 Å². The van der Waals surface area contributed by atoms with Gasteiger partial charge in [0, 0.05) is 6.20 Å². The minimum Gasteiger partial charge on any atom is -0.503 e. The van der Waals surface area contributed by atoms with E-state index in [0.717, 1.165) is 0 Å². The molecule has 3 heterocycles. The largest absolute Gasteiger partial charge is 0.503 e. The van der Waals surface area contributed by atoms with Crippen LogP contribution in [0.25, 0.3) is 0 Å². The van der Waals surface area contributed by atoms with Crippen LogP contribution in [0.1, 0.15) is 22.2 Å². The van der Waals surface area contributed by atoms with Gasteiger partial charge in [-0.3, -0.25) is 14.5 Å². The molecular weight excluding hydrogens is 332 g/mol. The summed E-state index contributed by atoms with van der Waals surface area (Å²) in [6, 6.07) is 16.4. The molecule has 1 aliphatic rings. The molecule has 1 aromatic carbocycles. The number of nitrogens with zero attached hydrogens (tertiary/aromatic N) is 2. The van der Waals surface area contributed by atoms with Gasteiger partial charge in [-0.25, -0.2) is 4.98 Å². The van der Waals surface area contributed by atoms with Crippen LogP contribution in [-0.2, 0) is 4.79 Å². The molecule has 0 bridgehead atoms. The van der Waals surface area contributed by atoms with Crippen LogP contribution >= 0.6 is 0 Å². The SMILES string of the molecule is O=C(C1=C(O)C(=O)N(c2ccccn2)[C@H]1c1ccccc1)c1ccco1. The van der Waals surface area contributed by atoms with Gasteiger partial charge < -0.3 is 9.52 Å². The predicted molar refractivity (Wildman–Crippen MR) is 93.6 cm³/mol. The second-order valence-corrected chi connectivity index (χ2v) is 5.75. The number of pyridine rings is 1. The monoisotopic (exact) mass is 346 g/mol. The predicted octanol–water partition coefficient (Wildman–Crippen LogP) is 3.46. The summed E-state index contributed by atoms with van der Waals surface area (Å²) in [5.41, 5.74) is 0.660. The molecule has 0 radical (unpaired) electrons. The van der Waals surface area contributed by atoms with Gasteiger partial charge in [-0.1, -0.05) is 36.4 Å². The van der Waals surface area contributed by atoms with Crippen molar-refractivity contribution in [2.24, 2.45) is 0 Å². The molecule has 6 nitrogen and oxygen atoms in total. The Kier molecular flexibility index (Phi) is 3.85. The summed E-state index contributed by atoms with van der Waals surface area (Å²) in [5.74, 6) is -1.39. The number of aliphatic hydroxyl groups excluding tert-OH is 1. The van der Waals surface area contributed by atoms with Gasteiger partial charge in [-0.2, -0.15) is 0 Å². The highest BCUT2D eigenvalue weighted by atomic mass is 16.3. The third-order valence-corrected chi connectivity index (χ3v) is 4.21. The van der Waals surface area contributed by atoms with Crippen molar-refractivity contribution in [1.29, 1.82) is 0 Å². The third-order valence-electron chi connectivity index (χ3n) is 4.21. The van der Waals surface area contributed by atoms with E-state index in [1.807, 2.05) is 6.07 Å². The lowest BCUT2D eigenvalue weighted by Gasteiger charge is -2.25. The van der Waals surface area contributed by atoms with Crippen molar-refractivity contribution < 1.29 is 19.1 Å². The number of benzene rings is 1. The fourth-order valence-electron chi connectivity index (χ4n) is 3.06. The number of carbonyl (C=O) groups is 2. The number of hydrogen-bond acceptors (Lipinski definition) is 5. The maximum absolute atomic E-state index is 12.9. The summed E-state index contributed by atoms with van der Waals surface area (Å²) in [7, 11) is 0. The van der Waals surface area contributed by atoms with E-state index >= 15 is 0 Å². The van der Waals surface area contributed by atoms with Gasteiger partial charge in [0.1, 0.15) is 5.82 Å². The second kappa shape index (κ2) is 6.33. The van der Waals surface area contributed by atoms with Gasteiger partial charge in [-0.05, 0) is 29.8 Å². The van der Waals surface area contributed by atoms with E-state index in [4.69, 9.17) is 4.42 Å². The van der Waals surface area contributed by atoms with Crippen LogP contribution in [-0.4, -0.2) is 21.8 Å². The first kappa shape index (κ1) is 15.8. The van der Waals surface area contributed by atoms with E-state index in [1.165, 1.54) is 17.2 Å². The fraction of sp³-hybridized carbons (Fsp3) is 0.0500. The number of ketones is 1. The van der Waals surface area contributed by atoms with E-state index in [1.54, 1.807) is 54.7 Å². The number of furan rings is 1. The Labute approximate surface area is 149 Å². The molecule has 0 unspecified atom stereocenters. The van der Waals surface area contributed by atoms with E-state index in [9.17, 15) is 14.7 Å². The zero-order valence-corrected chi connectivity index (χ0v) is 13.6. The Morgan fingerprint density at radius 1 is 1.04 bits per heavy atom. The standard InChI is InChI=1S/C20H14N2O4/c23-18(14-9-6-12-26-14)16-17(13-7-2-1-3-8-13)22(20(25)19(16)24)15-10-4-5-11-21-15/h1-12,17,24H/t17-/m0/s1. The minimum atomic E-state index is -0.795. The highest BCUT2D eigenvalue weighted by molar-refractivity contribution is 6.19. The lowest BCUT2D eigenvalue weighted by Crippen LogP contribution is -2.31. The lowest BCUT2D eigenvalue weighted by molar-refractivity contribution is -0.117. The lowest BCUT2D eigenvalue weighted by atomic mass is 9.95. The number of hydrogen-bond donors (Lipinski definition) is 1. The normalized spacial score (nSPS) is 17.0. The second-order valence-electron chi connectivity index (χ2n) is 5.75. The number of Topliss-reactive ketones (excluding diaryl/α,β-unsaturated/α-hetero) is 1. The number of rotatable bonds is 4. The third kappa shape index (κ3) is 2.48. The summed E-state index contributed by atoms with van der Waals surface area (Å²) in [4.78, 5) is 31.2. The Bertz CT molecular complexity index is 979. The zero-order chi connectivity index (χ0) is 18.1.